The number of aliphatic carboxylic acids is 1. The van der Waals surface area contributed by atoms with Crippen molar-refractivity contribution < 1.29 is 14.6 Å². The van der Waals surface area contributed by atoms with Gasteiger partial charge in [0.05, 0.1) is 5.60 Å². The van der Waals surface area contributed by atoms with E-state index in [2.05, 4.69) is 41.5 Å². The molecule has 0 aromatic carbocycles. The van der Waals surface area contributed by atoms with E-state index in [4.69, 9.17) is 9.84 Å². The molecule has 2 rings (SSSR count). The van der Waals surface area contributed by atoms with Gasteiger partial charge >= 0.3 is 5.97 Å². The van der Waals surface area contributed by atoms with E-state index in [9.17, 15) is 4.79 Å². The second-order valence-corrected chi connectivity index (χ2v) is 8.75. The predicted molar refractivity (Wildman–Crippen MR) is 84.1 cm³/mol. The average molecular weight is 296 g/mol. The molecule has 0 amide bonds. The Morgan fingerprint density at radius 1 is 1.19 bits per heavy atom. The Morgan fingerprint density at radius 2 is 1.81 bits per heavy atom. The summed E-state index contributed by atoms with van der Waals surface area (Å²) in [6.45, 7) is 13.4. The van der Waals surface area contributed by atoms with Crippen LogP contribution in [0, 0.1) is 35.0 Å². The molecule has 5 atom stereocenters. The van der Waals surface area contributed by atoms with Gasteiger partial charge in [0.1, 0.15) is 6.61 Å². The standard InChI is InChI=1S/C18H32O3/c1-7-12-11-8-13(16(12)17(2,3)4)14(9-11)18(5,6)21-10-15(19)20/h11-14,16H,7-10H2,1-6H3,(H,19,20). The third-order valence-electron chi connectivity index (χ3n) is 6.11. The number of ether oxygens (including phenoxy) is 1. The second kappa shape index (κ2) is 5.57. The zero-order chi connectivity index (χ0) is 16.0. The minimum Gasteiger partial charge on any atom is -0.480 e. The van der Waals surface area contributed by atoms with Crippen molar-refractivity contribution in [3.8, 4) is 0 Å². The molecule has 2 aliphatic rings. The van der Waals surface area contributed by atoms with Crippen molar-refractivity contribution in [1.82, 2.24) is 0 Å². The maximum absolute atomic E-state index is 10.8. The molecule has 0 aromatic rings. The third kappa shape index (κ3) is 3.13. The van der Waals surface area contributed by atoms with E-state index in [1.54, 1.807) is 0 Å². The van der Waals surface area contributed by atoms with Crippen molar-refractivity contribution in [1.29, 1.82) is 0 Å². The Balaban J connectivity index is 2.17. The lowest BCUT2D eigenvalue weighted by molar-refractivity contribution is -0.155. The van der Waals surface area contributed by atoms with E-state index in [-0.39, 0.29) is 12.2 Å². The van der Waals surface area contributed by atoms with Gasteiger partial charge in [-0.25, -0.2) is 4.79 Å². The molecule has 0 aromatic heterocycles. The van der Waals surface area contributed by atoms with Crippen molar-refractivity contribution in [2.24, 2.45) is 35.0 Å². The van der Waals surface area contributed by atoms with Gasteiger partial charge in [0.15, 0.2) is 0 Å². The highest BCUT2D eigenvalue weighted by Crippen LogP contribution is 2.63. The molecule has 0 aliphatic heterocycles. The summed E-state index contributed by atoms with van der Waals surface area (Å²) in [5, 5.41) is 8.89. The molecule has 5 unspecified atom stereocenters. The van der Waals surface area contributed by atoms with Gasteiger partial charge in [0.25, 0.3) is 0 Å². The SMILES string of the molecule is CCC1C2CC(C1C(C)(C)C)C(C(C)(C)OCC(=O)O)C2. The average Bonchev–Trinajstić information content (AvgIpc) is 2.92. The van der Waals surface area contributed by atoms with Gasteiger partial charge in [-0.3, -0.25) is 0 Å². The van der Waals surface area contributed by atoms with Crippen LogP contribution in [0.2, 0.25) is 0 Å². The highest BCUT2D eigenvalue weighted by Gasteiger charge is 2.58. The number of carboxylic acids is 1. The Kier molecular flexibility index (Phi) is 4.45. The van der Waals surface area contributed by atoms with Crippen LogP contribution in [0.3, 0.4) is 0 Å². The summed E-state index contributed by atoms with van der Waals surface area (Å²) in [7, 11) is 0. The predicted octanol–water partition coefficient (Wildman–Crippen LogP) is 4.21. The molecular weight excluding hydrogens is 264 g/mol. The number of rotatable bonds is 5. The van der Waals surface area contributed by atoms with Gasteiger partial charge in [0, 0.05) is 0 Å². The highest BCUT2D eigenvalue weighted by molar-refractivity contribution is 5.68. The molecule has 2 fully saturated rings. The molecule has 3 nitrogen and oxygen atoms in total. The molecule has 122 valence electrons. The lowest BCUT2D eigenvalue weighted by Gasteiger charge is -2.47. The van der Waals surface area contributed by atoms with Crippen molar-refractivity contribution >= 4 is 5.97 Å². The fourth-order valence-electron chi connectivity index (χ4n) is 5.49. The summed E-state index contributed by atoms with van der Waals surface area (Å²) in [6, 6.07) is 0. The Morgan fingerprint density at radius 3 is 2.29 bits per heavy atom. The molecule has 2 saturated carbocycles. The van der Waals surface area contributed by atoms with Gasteiger partial charge in [-0.05, 0) is 61.7 Å². The topological polar surface area (TPSA) is 46.5 Å². The van der Waals surface area contributed by atoms with Gasteiger partial charge in [-0.15, -0.1) is 0 Å². The molecule has 2 aliphatic carbocycles. The first kappa shape index (κ1) is 16.8. The second-order valence-electron chi connectivity index (χ2n) is 8.75. The van der Waals surface area contributed by atoms with Gasteiger partial charge < -0.3 is 9.84 Å². The number of carbonyl (C=O) groups is 1. The van der Waals surface area contributed by atoms with Crippen molar-refractivity contribution in [2.45, 2.75) is 66.4 Å². The van der Waals surface area contributed by atoms with Crippen molar-refractivity contribution in [3.05, 3.63) is 0 Å². The Bertz CT molecular complexity index is 394. The number of carboxylic acid groups (broad SMARTS) is 1. The normalized spacial score (nSPS) is 36.2. The first-order chi connectivity index (χ1) is 9.58. The minimum atomic E-state index is -0.870. The van der Waals surface area contributed by atoms with E-state index in [1.165, 1.54) is 19.3 Å². The first-order valence-corrected chi connectivity index (χ1v) is 8.43. The molecule has 0 spiro atoms. The molecule has 3 heteroatoms. The molecular formula is C18H32O3. The summed E-state index contributed by atoms with van der Waals surface area (Å²) in [5.74, 6) is 2.69. The maximum Gasteiger partial charge on any atom is 0.329 e. The fourth-order valence-corrected chi connectivity index (χ4v) is 5.49. The van der Waals surface area contributed by atoms with E-state index in [0.717, 1.165) is 17.8 Å². The van der Waals surface area contributed by atoms with Crippen LogP contribution in [0.5, 0.6) is 0 Å². The fraction of sp³-hybridized carbons (Fsp3) is 0.944. The van der Waals surface area contributed by atoms with E-state index >= 15 is 0 Å². The van der Waals surface area contributed by atoms with Gasteiger partial charge in [-0.1, -0.05) is 34.1 Å². The summed E-state index contributed by atoms with van der Waals surface area (Å²) in [5.41, 5.74) is -0.0122. The number of hydrogen-bond donors (Lipinski definition) is 1. The smallest absolute Gasteiger partial charge is 0.329 e. The van der Waals surface area contributed by atoms with Crippen LogP contribution in [-0.4, -0.2) is 23.3 Å². The number of hydrogen-bond acceptors (Lipinski definition) is 2. The third-order valence-corrected chi connectivity index (χ3v) is 6.11. The summed E-state index contributed by atoms with van der Waals surface area (Å²) < 4.78 is 5.76. The monoisotopic (exact) mass is 296 g/mol. The number of fused-ring (bicyclic) bond motifs is 2. The van der Waals surface area contributed by atoms with Gasteiger partial charge in [-0.2, -0.15) is 0 Å². The van der Waals surface area contributed by atoms with Crippen LogP contribution in [-0.2, 0) is 9.53 Å². The van der Waals surface area contributed by atoms with E-state index < -0.39 is 5.97 Å². The molecule has 0 heterocycles. The quantitative estimate of drug-likeness (QED) is 0.826. The molecule has 0 saturated heterocycles. The van der Waals surface area contributed by atoms with E-state index in [1.807, 2.05) is 0 Å². The zero-order valence-corrected chi connectivity index (χ0v) is 14.5. The lowest BCUT2D eigenvalue weighted by atomic mass is 9.60. The summed E-state index contributed by atoms with van der Waals surface area (Å²) in [4.78, 5) is 10.8. The van der Waals surface area contributed by atoms with Crippen LogP contribution in [0.15, 0.2) is 0 Å². The van der Waals surface area contributed by atoms with E-state index in [0.29, 0.717) is 17.3 Å². The Hall–Kier alpha value is -0.570. The molecule has 21 heavy (non-hydrogen) atoms. The largest absolute Gasteiger partial charge is 0.480 e. The molecule has 1 N–H and O–H groups in total. The lowest BCUT2D eigenvalue weighted by Crippen LogP contribution is -2.46. The molecule has 2 bridgehead atoms. The Labute approximate surface area is 129 Å². The van der Waals surface area contributed by atoms with Crippen LogP contribution in [0.25, 0.3) is 0 Å². The molecule has 0 radical (unpaired) electrons. The minimum absolute atomic E-state index is 0.182. The van der Waals surface area contributed by atoms with Crippen LogP contribution in [0.1, 0.15) is 60.8 Å². The summed E-state index contributed by atoms with van der Waals surface area (Å²) >= 11 is 0. The van der Waals surface area contributed by atoms with Crippen molar-refractivity contribution in [3.63, 3.8) is 0 Å². The maximum atomic E-state index is 10.8. The van der Waals surface area contributed by atoms with Crippen LogP contribution < -0.4 is 0 Å². The summed E-state index contributed by atoms with van der Waals surface area (Å²) in [6.07, 6.45) is 3.79. The van der Waals surface area contributed by atoms with Crippen LogP contribution in [0.4, 0.5) is 0 Å². The first-order valence-electron chi connectivity index (χ1n) is 8.43. The van der Waals surface area contributed by atoms with Crippen LogP contribution >= 0.6 is 0 Å². The highest BCUT2D eigenvalue weighted by atomic mass is 16.5. The van der Waals surface area contributed by atoms with Crippen molar-refractivity contribution in [2.75, 3.05) is 6.61 Å². The zero-order valence-electron chi connectivity index (χ0n) is 14.5. The van der Waals surface area contributed by atoms with Gasteiger partial charge in [0.2, 0.25) is 0 Å².